The maximum atomic E-state index is 14.1. The van der Waals surface area contributed by atoms with Gasteiger partial charge in [0.25, 0.3) is 0 Å². The topological polar surface area (TPSA) is 113 Å². The molecule has 3 atom stereocenters. The molecule has 1 saturated heterocycles. The van der Waals surface area contributed by atoms with E-state index in [1.807, 2.05) is 0 Å². The van der Waals surface area contributed by atoms with Crippen molar-refractivity contribution in [3.63, 3.8) is 0 Å². The minimum Gasteiger partial charge on any atom is -0.481 e. The van der Waals surface area contributed by atoms with Crippen molar-refractivity contribution in [2.75, 3.05) is 6.54 Å². The van der Waals surface area contributed by atoms with E-state index in [2.05, 4.69) is 5.32 Å². The van der Waals surface area contributed by atoms with Gasteiger partial charge in [0.05, 0.1) is 13.0 Å². The minimum absolute atomic E-state index is 0.0945. The number of nitrogens with one attached hydrogen (secondary N) is 1. The van der Waals surface area contributed by atoms with E-state index < -0.39 is 41.9 Å². The highest BCUT2D eigenvalue weighted by Gasteiger charge is 2.39. The third-order valence-electron chi connectivity index (χ3n) is 5.59. The van der Waals surface area contributed by atoms with Crippen LogP contribution < -0.4 is 11.1 Å². The monoisotopic (exact) mass is 459 g/mol. The number of carboxylic acids is 1. The normalized spacial score (nSPS) is 18.7. The molecule has 0 aliphatic carbocycles. The Hall–Kier alpha value is -3.33. The number of hydrogen-bond donors (Lipinski definition) is 3. The molecule has 1 aliphatic rings. The molecule has 9 heteroatoms. The van der Waals surface area contributed by atoms with Gasteiger partial charge in [0.2, 0.25) is 11.8 Å². The van der Waals surface area contributed by atoms with Crippen molar-refractivity contribution in [2.24, 2.45) is 5.73 Å². The lowest BCUT2D eigenvalue weighted by molar-refractivity contribution is -0.138. The van der Waals surface area contributed by atoms with E-state index in [1.165, 1.54) is 11.0 Å². The van der Waals surface area contributed by atoms with Gasteiger partial charge in [0.1, 0.15) is 18.0 Å². The largest absolute Gasteiger partial charge is 0.481 e. The van der Waals surface area contributed by atoms with Gasteiger partial charge in [0.15, 0.2) is 0 Å². The van der Waals surface area contributed by atoms with E-state index in [-0.39, 0.29) is 38.8 Å². The Morgan fingerprint density at radius 1 is 1.12 bits per heavy atom. The molecule has 0 bridgehead atoms. The number of likely N-dealkylation sites (tertiary alicyclic amines) is 1. The molecule has 0 spiro atoms. The second kappa shape index (κ2) is 11.0. The minimum atomic E-state index is -1.32. The van der Waals surface area contributed by atoms with Crippen molar-refractivity contribution >= 4 is 17.8 Å². The highest BCUT2D eigenvalue weighted by molar-refractivity contribution is 5.88. The SMILES string of the molecule is NC(CC(=O)N1CC(F)CC1C(=O)NCc1ccc(CC(=O)O)cc1)Cc1ccccc1F. The fourth-order valence-corrected chi connectivity index (χ4v) is 3.93. The van der Waals surface area contributed by atoms with Crippen molar-refractivity contribution in [1.29, 1.82) is 0 Å². The van der Waals surface area contributed by atoms with Crippen LogP contribution in [0.1, 0.15) is 29.5 Å². The number of nitrogens with zero attached hydrogens (tertiary/aromatic N) is 1. The first kappa shape index (κ1) is 24.3. The fraction of sp³-hybridized carbons (Fsp3) is 0.375. The highest BCUT2D eigenvalue weighted by Crippen LogP contribution is 2.22. The van der Waals surface area contributed by atoms with E-state index in [4.69, 9.17) is 10.8 Å². The number of carbonyl (C=O) groups excluding carboxylic acids is 2. The summed E-state index contributed by atoms with van der Waals surface area (Å²) in [6.07, 6.45) is -1.49. The Labute approximate surface area is 190 Å². The van der Waals surface area contributed by atoms with Gasteiger partial charge in [-0.3, -0.25) is 14.4 Å². The number of carbonyl (C=O) groups is 3. The summed E-state index contributed by atoms with van der Waals surface area (Å²) in [4.78, 5) is 37.4. The van der Waals surface area contributed by atoms with Gasteiger partial charge in [-0.2, -0.15) is 0 Å². The van der Waals surface area contributed by atoms with E-state index >= 15 is 0 Å². The van der Waals surface area contributed by atoms with E-state index in [9.17, 15) is 23.2 Å². The van der Waals surface area contributed by atoms with Crippen LogP contribution >= 0.6 is 0 Å². The summed E-state index contributed by atoms with van der Waals surface area (Å²) in [6, 6.07) is 11.3. The number of rotatable bonds is 9. The second-order valence-electron chi connectivity index (χ2n) is 8.26. The number of nitrogens with two attached hydrogens (primary N) is 1. The molecule has 176 valence electrons. The smallest absolute Gasteiger partial charge is 0.307 e. The Morgan fingerprint density at radius 3 is 2.45 bits per heavy atom. The summed E-state index contributed by atoms with van der Waals surface area (Å²) in [6.45, 7) is -0.0261. The summed E-state index contributed by atoms with van der Waals surface area (Å²) in [7, 11) is 0. The summed E-state index contributed by atoms with van der Waals surface area (Å²) >= 11 is 0. The number of halogens is 2. The predicted octanol–water partition coefficient (Wildman–Crippen LogP) is 1.97. The quantitative estimate of drug-likeness (QED) is 0.531. The van der Waals surface area contributed by atoms with Gasteiger partial charge in [-0.15, -0.1) is 0 Å². The molecule has 2 aromatic carbocycles. The third-order valence-corrected chi connectivity index (χ3v) is 5.59. The molecular formula is C24H27F2N3O4. The zero-order chi connectivity index (χ0) is 24.0. The van der Waals surface area contributed by atoms with Crippen LogP contribution in [0.2, 0.25) is 0 Å². The molecule has 3 unspecified atom stereocenters. The average molecular weight is 459 g/mol. The molecule has 1 aliphatic heterocycles. The number of hydrogen-bond acceptors (Lipinski definition) is 4. The van der Waals surface area contributed by atoms with Crippen molar-refractivity contribution in [3.05, 3.63) is 71.0 Å². The van der Waals surface area contributed by atoms with Crippen LogP contribution in [0.3, 0.4) is 0 Å². The summed E-state index contributed by atoms with van der Waals surface area (Å²) in [5.74, 6) is -2.26. The maximum Gasteiger partial charge on any atom is 0.307 e. The number of amides is 2. The van der Waals surface area contributed by atoms with Crippen LogP contribution in [-0.4, -0.2) is 52.6 Å². The Bertz CT molecular complexity index is 999. The molecule has 0 aromatic heterocycles. The Kier molecular flexibility index (Phi) is 8.11. The molecule has 2 amide bonds. The van der Waals surface area contributed by atoms with Gasteiger partial charge in [-0.1, -0.05) is 42.5 Å². The molecule has 0 saturated carbocycles. The van der Waals surface area contributed by atoms with Crippen LogP contribution in [0.5, 0.6) is 0 Å². The molecule has 0 radical (unpaired) electrons. The number of benzene rings is 2. The van der Waals surface area contributed by atoms with Crippen molar-refractivity contribution < 1.29 is 28.3 Å². The number of carboxylic acid groups (broad SMARTS) is 1. The fourth-order valence-electron chi connectivity index (χ4n) is 3.93. The van der Waals surface area contributed by atoms with Crippen molar-refractivity contribution in [1.82, 2.24) is 10.2 Å². The highest BCUT2D eigenvalue weighted by atomic mass is 19.1. The molecule has 7 nitrogen and oxygen atoms in total. The van der Waals surface area contributed by atoms with E-state index in [0.717, 1.165) is 5.56 Å². The first-order valence-electron chi connectivity index (χ1n) is 10.7. The standard InChI is InChI=1S/C24H27F2N3O4/c25-18-11-21(24(33)28-13-16-7-5-15(6-8-16)9-23(31)32)29(14-18)22(30)12-19(27)10-17-3-1-2-4-20(17)26/h1-8,18-19,21H,9-14,27H2,(H,28,33)(H,31,32). The van der Waals surface area contributed by atoms with Gasteiger partial charge < -0.3 is 21.1 Å². The van der Waals surface area contributed by atoms with Crippen LogP contribution in [0, 0.1) is 5.82 Å². The summed E-state index contributed by atoms with van der Waals surface area (Å²) < 4.78 is 27.9. The maximum absolute atomic E-state index is 14.1. The average Bonchev–Trinajstić information content (AvgIpc) is 3.16. The number of alkyl halides is 1. The zero-order valence-corrected chi connectivity index (χ0v) is 18.0. The van der Waals surface area contributed by atoms with Crippen molar-refractivity contribution in [3.8, 4) is 0 Å². The zero-order valence-electron chi connectivity index (χ0n) is 18.0. The lowest BCUT2D eigenvalue weighted by atomic mass is 10.0. The van der Waals surface area contributed by atoms with Crippen LogP contribution in [-0.2, 0) is 33.8 Å². The lowest BCUT2D eigenvalue weighted by Crippen LogP contribution is -2.47. The van der Waals surface area contributed by atoms with E-state index in [1.54, 1.807) is 42.5 Å². The molecule has 4 N–H and O–H groups in total. The third kappa shape index (κ3) is 6.82. The molecule has 1 fully saturated rings. The second-order valence-corrected chi connectivity index (χ2v) is 8.26. The molecule has 2 aromatic rings. The van der Waals surface area contributed by atoms with Gasteiger partial charge in [-0.25, -0.2) is 8.78 Å². The van der Waals surface area contributed by atoms with Gasteiger partial charge >= 0.3 is 5.97 Å². The van der Waals surface area contributed by atoms with Crippen LogP contribution in [0.4, 0.5) is 8.78 Å². The van der Waals surface area contributed by atoms with Gasteiger partial charge in [0, 0.05) is 25.4 Å². The molecule has 33 heavy (non-hydrogen) atoms. The molecular weight excluding hydrogens is 432 g/mol. The van der Waals surface area contributed by atoms with E-state index in [0.29, 0.717) is 11.1 Å². The predicted molar refractivity (Wildman–Crippen MR) is 117 cm³/mol. The Balaban J connectivity index is 1.55. The number of aliphatic carboxylic acids is 1. The molecule has 1 heterocycles. The summed E-state index contributed by atoms with van der Waals surface area (Å²) in [5.41, 5.74) is 7.81. The summed E-state index contributed by atoms with van der Waals surface area (Å²) in [5, 5.41) is 11.5. The first-order chi connectivity index (χ1) is 15.7. The Morgan fingerprint density at radius 2 is 1.79 bits per heavy atom. The van der Waals surface area contributed by atoms with Gasteiger partial charge in [-0.05, 0) is 29.2 Å². The van der Waals surface area contributed by atoms with Crippen molar-refractivity contribution in [2.45, 2.75) is 50.5 Å². The lowest BCUT2D eigenvalue weighted by Gasteiger charge is -2.25. The first-order valence-corrected chi connectivity index (χ1v) is 10.7. The van der Waals surface area contributed by atoms with Crippen LogP contribution in [0.25, 0.3) is 0 Å². The molecule has 3 rings (SSSR count). The van der Waals surface area contributed by atoms with Crippen LogP contribution in [0.15, 0.2) is 48.5 Å².